The first-order valence-corrected chi connectivity index (χ1v) is 9.52. The molecular formula is C16H22N2O2S. The molecule has 1 unspecified atom stereocenters. The average Bonchev–Trinajstić information content (AvgIpc) is 3.01. The monoisotopic (exact) mass is 306 g/mol. The maximum atomic E-state index is 11.4. The first-order valence-electron chi connectivity index (χ1n) is 7.46. The number of para-hydroxylation sites is 1. The molecule has 5 heteroatoms. The van der Waals surface area contributed by atoms with Crippen LogP contribution in [0.1, 0.15) is 12.0 Å². The molecule has 1 saturated heterocycles. The zero-order valence-corrected chi connectivity index (χ0v) is 13.2. The third-order valence-electron chi connectivity index (χ3n) is 4.28. The lowest BCUT2D eigenvalue weighted by Gasteiger charge is -2.15. The van der Waals surface area contributed by atoms with Gasteiger partial charge in [-0.3, -0.25) is 0 Å². The van der Waals surface area contributed by atoms with Crippen LogP contribution in [0.3, 0.4) is 0 Å². The van der Waals surface area contributed by atoms with Crippen LogP contribution in [0.2, 0.25) is 0 Å². The predicted molar refractivity (Wildman–Crippen MR) is 86.3 cm³/mol. The van der Waals surface area contributed by atoms with E-state index >= 15 is 0 Å². The van der Waals surface area contributed by atoms with Crippen LogP contribution in [0.15, 0.2) is 30.5 Å². The Morgan fingerprint density at radius 2 is 2.14 bits per heavy atom. The van der Waals surface area contributed by atoms with E-state index in [1.165, 1.54) is 22.7 Å². The van der Waals surface area contributed by atoms with Crippen molar-refractivity contribution in [3.63, 3.8) is 0 Å². The number of nitrogens with one attached hydrogen (secondary N) is 1. The highest BCUT2D eigenvalue weighted by Gasteiger charge is 2.25. The summed E-state index contributed by atoms with van der Waals surface area (Å²) >= 11 is 0. The summed E-state index contributed by atoms with van der Waals surface area (Å²) in [4.78, 5) is 5.69. The van der Waals surface area contributed by atoms with E-state index in [0.717, 1.165) is 32.5 Å². The van der Waals surface area contributed by atoms with E-state index in [4.69, 9.17) is 0 Å². The van der Waals surface area contributed by atoms with Gasteiger partial charge in [-0.2, -0.15) is 0 Å². The molecule has 0 spiro atoms. The minimum Gasteiger partial charge on any atom is -0.361 e. The van der Waals surface area contributed by atoms with E-state index in [2.05, 4.69) is 34.3 Å². The summed E-state index contributed by atoms with van der Waals surface area (Å²) in [6.07, 6.45) is 5.44. The number of H-pyrrole nitrogens is 1. The molecule has 0 amide bonds. The Morgan fingerprint density at radius 1 is 1.33 bits per heavy atom. The van der Waals surface area contributed by atoms with Gasteiger partial charge in [0.1, 0.15) is 9.84 Å². The Kier molecular flexibility index (Phi) is 4.04. The number of sulfone groups is 1. The van der Waals surface area contributed by atoms with Crippen LogP contribution in [0, 0.1) is 5.92 Å². The zero-order chi connectivity index (χ0) is 14.9. The molecule has 1 aliphatic heterocycles. The molecule has 1 fully saturated rings. The van der Waals surface area contributed by atoms with Crippen molar-refractivity contribution in [1.29, 1.82) is 0 Å². The van der Waals surface area contributed by atoms with Crippen molar-refractivity contribution in [3.8, 4) is 0 Å². The second-order valence-corrected chi connectivity index (χ2v) is 8.34. The number of hydrogen-bond acceptors (Lipinski definition) is 3. The van der Waals surface area contributed by atoms with Crippen LogP contribution in [-0.2, 0) is 16.3 Å². The highest BCUT2D eigenvalue weighted by atomic mass is 32.2. The zero-order valence-electron chi connectivity index (χ0n) is 12.4. The number of rotatable bonds is 5. The third-order valence-corrected chi connectivity index (χ3v) is 5.36. The number of benzene rings is 1. The molecule has 2 aromatic rings. The Hall–Kier alpha value is -1.33. The van der Waals surface area contributed by atoms with Gasteiger partial charge in [-0.15, -0.1) is 0 Å². The van der Waals surface area contributed by atoms with Crippen molar-refractivity contribution in [2.75, 3.05) is 31.6 Å². The van der Waals surface area contributed by atoms with E-state index < -0.39 is 9.84 Å². The van der Waals surface area contributed by atoms with Crippen LogP contribution < -0.4 is 0 Å². The summed E-state index contributed by atoms with van der Waals surface area (Å²) in [7, 11) is -2.85. The van der Waals surface area contributed by atoms with Gasteiger partial charge in [0, 0.05) is 36.4 Å². The second-order valence-electron chi connectivity index (χ2n) is 6.16. The average molecular weight is 306 g/mol. The Bertz CT molecular complexity index is 721. The van der Waals surface area contributed by atoms with Crippen molar-refractivity contribution in [2.24, 2.45) is 5.92 Å². The van der Waals surface area contributed by atoms with Crippen LogP contribution in [0.25, 0.3) is 10.9 Å². The van der Waals surface area contributed by atoms with E-state index in [1.807, 2.05) is 6.07 Å². The minimum atomic E-state index is -2.85. The highest BCUT2D eigenvalue weighted by Crippen LogP contribution is 2.21. The fourth-order valence-electron chi connectivity index (χ4n) is 3.30. The molecular weight excluding hydrogens is 284 g/mol. The number of aromatic nitrogens is 1. The van der Waals surface area contributed by atoms with Gasteiger partial charge in [0.2, 0.25) is 0 Å². The molecule has 0 bridgehead atoms. The molecule has 1 aromatic heterocycles. The summed E-state index contributed by atoms with van der Waals surface area (Å²) < 4.78 is 22.7. The standard InChI is InChI=1S/C16H22N2O2S/c1-21(19,20)12-13-6-8-18(11-13)9-7-14-10-17-16-5-3-2-4-15(14)16/h2-5,10,13,17H,6-9,11-12H2,1H3. The van der Waals surface area contributed by atoms with E-state index in [0.29, 0.717) is 11.7 Å². The molecule has 1 N–H and O–H groups in total. The maximum Gasteiger partial charge on any atom is 0.147 e. The molecule has 1 atom stereocenters. The molecule has 4 nitrogen and oxygen atoms in total. The number of hydrogen-bond donors (Lipinski definition) is 1. The van der Waals surface area contributed by atoms with Crippen LogP contribution in [-0.4, -0.2) is 49.9 Å². The minimum absolute atomic E-state index is 0.308. The molecule has 1 aliphatic rings. The summed E-state index contributed by atoms with van der Waals surface area (Å²) in [5.41, 5.74) is 2.53. The number of likely N-dealkylation sites (tertiary alicyclic amines) is 1. The fraction of sp³-hybridized carbons (Fsp3) is 0.500. The Morgan fingerprint density at radius 3 is 2.95 bits per heavy atom. The van der Waals surface area contributed by atoms with Gasteiger partial charge in [0.25, 0.3) is 0 Å². The molecule has 3 rings (SSSR count). The molecule has 0 saturated carbocycles. The van der Waals surface area contributed by atoms with Gasteiger partial charge in [-0.25, -0.2) is 8.42 Å². The van der Waals surface area contributed by atoms with Crippen LogP contribution in [0.5, 0.6) is 0 Å². The molecule has 0 radical (unpaired) electrons. The second kappa shape index (κ2) is 5.81. The molecule has 0 aliphatic carbocycles. The lowest BCUT2D eigenvalue weighted by molar-refractivity contribution is 0.333. The summed E-state index contributed by atoms with van der Waals surface area (Å²) in [6, 6.07) is 8.35. The Labute approximate surface area is 126 Å². The van der Waals surface area contributed by atoms with Crippen molar-refractivity contribution in [1.82, 2.24) is 9.88 Å². The van der Waals surface area contributed by atoms with Gasteiger partial charge in [0.05, 0.1) is 5.75 Å². The predicted octanol–water partition coefficient (Wildman–Crippen LogP) is 2.08. The largest absolute Gasteiger partial charge is 0.361 e. The molecule has 1 aromatic carbocycles. The summed E-state index contributed by atoms with van der Waals surface area (Å²) in [5.74, 6) is 0.638. The fourth-order valence-corrected chi connectivity index (χ4v) is 4.43. The van der Waals surface area contributed by atoms with Gasteiger partial charge >= 0.3 is 0 Å². The quantitative estimate of drug-likeness (QED) is 0.920. The van der Waals surface area contributed by atoms with Crippen LogP contribution in [0.4, 0.5) is 0 Å². The van der Waals surface area contributed by atoms with Crippen molar-refractivity contribution in [2.45, 2.75) is 12.8 Å². The van der Waals surface area contributed by atoms with Gasteiger partial charge in [-0.1, -0.05) is 18.2 Å². The topological polar surface area (TPSA) is 53.2 Å². The number of nitrogens with zero attached hydrogens (tertiary/aromatic N) is 1. The molecule has 2 heterocycles. The smallest absolute Gasteiger partial charge is 0.147 e. The van der Waals surface area contributed by atoms with Crippen molar-refractivity contribution in [3.05, 3.63) is 36.0 Å². The normalized spacial score (nSPS) is 20.3. The lowest BCUT2D eigenvalue weighted by atomic mass is 10.1. The first-order chi connectivity index (χ1) is 10.0. The lowest BCUT2D eigenvalue weighted by Crippen LogP contribution is -2.25. The van der Waals surface area contributed by atoms with Gasteiger partial charge in [0.15, 0.2) is 0 Å². The SMILES string of the molecule is CS(=O)(=O)CC1CCN(CCc2c[nH]c3ccccc23)C1. The highest BCUT2D eigenvalue weighted by molar-refractivity contribution is 7.90. The van der Waals surface area contributed by atoms with E-state index in [1.54, 1.807) is 0 Å². The van der Waals surface area contributed by atoms with Gasteiger partial charge in [-0.05, 0) is 36.9 Å². The summed E-state index contributed by atoms with van der Waals surface area (Å²) in [6.45, 7) is 2.93. The van der Waals surface area contributed by atoms with Crippen LogP contribution >= 0.6 is 0 Å². The number of fused-ring (bicyclic) bond motifs is 1. The Balaban J connectivity index is 1.57. The van der Waals surface area contributed by atoms with E-state index in [9.17, 15) is 8.42 Å². The van der Waals surface area contributed by atoms with Crippen molar-refractivity contribution >= 4 is 20.7 Å². The maximum absolute atomic E-state index is 11.4. The van der Waals surface area contributed by atoms with Gasteiger partial charge < -0.3 is 9.88 Å². The molecule has 114 valence electrons. The number of aromatic amines is 1. The summed E-state index contributed by atoms with van der Waals surface area (Å²) in [5, 5.41) is 1.30. The molecule has 21 heavy (non-hydrogen) atoms. The van der Waals surface area contributed by atoms with Crippen molar-refractivity contribution < 1.29 is 8.42 Å². The first kappa shape index (κ1) is 14.6. The van der Waals surface area contributed by atoms with E-state index in [-0.39, 0.29) is 0 Å². The third kappa shape index (κ3) is 3.66.